The van der Waals surface area contributed by atoms with Gasteiger partial charge in [-0.15, -0.1) is 0 Å². The van der Waals surface area contributed by atoms with Crippen LogP contribution in [0.1, 0.15) is 22.8 Å². The Hall–Kier alpha value is -3.72. The van der Waals surface area contributed by atoms with Gasteiger partial charge in [-0.2, -0.15) is 0 Å². The molecule has 0 saturated heterocycles. The van der Waals surface area contributed by atoms with E-state index in [-0.39, 0.29) is 21.3 Å². The molecule has 3 N–H and O–H groups in total. The van der Waals surface area contributed by atoms with Crippen molar-refractivity contribution in [3.63, 3.8) is 0 Å². The maximum atomic E-state index is 12.9. The van der Waals surface area contributed by atoms with Crippen LogP contribution >= 0.6 is 0 Å². The van der Waals surface area contributed by atoms with E-state index in [9.17, 15) is 18.0 Å². The predicted molar refractivity (Wildman–Crippen MR) is 116 cm³/mol. The Morgan fingerprint density at radius 1 is 0.935 bits per heavy atom. The van der Waals surface area contributed by atoms with Gasteiger partial charge in [-0.3, -0.25) is 9.78 Å². The van der Waals surface area contributed by atoms with Crippen LogP contribution in [0.3, 0.4) is 0 Å². The molecule has 1 heterocycles. The van der Waals surface area contributed by atoms with Crippen LogP contribution in [0.5, 0.6) is 0 Å². The van der Waals surface area contributed by atoms with Crippen molar-refractivity contribution in [1.29, 1.82) is 0 Å². The van der Waals surface area contributed by atoms with Gasteiger partial charge in [-0.05, 0) is 61.0 Å². The molecule has 0 aliphatic rings. The Kier molecular flexibility index (Phi) is 6.99. The number of nitrogens with one attached hydrogen (secondary N) is 3. The number of carbonyl (C=O) groups excluding carboxylic acids is 2. The van der Waals surface area contributed by atoms with Crippen LogP contribution in [0, 0.1) is 0 Å². The van der Waals surface area contributed by atoms with E-state index in [0.29, 0.717) is 18.8 Å². The first kappa shape index (κ1) is 22.0. The molecule has 0 atom stereocenters. The van der Waals surface area contributed by atoms with Gasteiger partial charge in [0.25, 0.3) is 5.91 Å². The van der Waals surface area contributed by atoms with Crippen LogP contribution in [0.4, 0.5) is 10.5 Å². The molecule has 0 fully saturated rings. The topological polar surface area (TPSA) is 117 Å². The molecule has 0 aliphatic heterocycles. The smallest absolute Gasteiger partial charge is 0.319 e. The summed E-state index contributed by atoms with van der Waals surface area (Å²) in [6, 6.07) is 14.9. The number of nitrogens with zero attached hydrogens (tertiary/aromatic N) is 1. The average molecular weight is 439 g/mol. The summed E-state index contributed by atoms with van der Waals surface area (Å²) in [4.78, 5) is 28.1. The lowest BCUT2D eigenvalue weighted by molar-refractivity contribution is 0.0955. The molecule has 0 spiro atoms. The number of urea groups is 1. The quantitative estimate of drug-likeness (QED) is 0.524. The summed E-state index contributed by atoms with van der Waals surface area (Å²) in [7, 11) is -3.82. The Bertz CT molecular complexity index is 1160. The summed E-state index contributed by atoms with van der Waals surface area (Å²) >= 11 is 0. The van der Waals surface area contributed by atoms with Gasteiger partial charge in [0.15, 0.2) is 0 Å². The Morgan fingerprint density at radius 3 is 2.39 bits per heavy atom. The summed E-state index contributed by atoms with van der Waals surface area (Å²) in [5.41, 5.74) is 1.57. The molecule has 160 valence electrons. The number of amides is 3. The van der Waals surface area contributed by atoms with Gasteiger partial charge in [-0.25, -0.2) is 13.2 Å². The summed E-state index contributed by atoms with van der Waals surface area (Å²) in [5, 5.41) is 7.99. The number of rotatable bonds is 7. The average Bonchev–Trinajstić information content (AvgIpc) is 2.79. The minimum absolute atomic E-state index is 0.0196. The molecule has 3 aromatic rings. The first-order chi connectivity index (χ1) is 14.9. The van der Waals surface area contributed by atoms with E-state index in [0.717, 1.165) is 5.56 Å². The van der Waals surface area contributed by atoms with Crippen molar-refractivity contribution in [1.82, 2.24) is 15.6 Å². The second-order valence-corrected chi connectivity index (χ2v) is 8.53. The second-order valence-electron chi connectivity index (χ2n) is 6.58. The monoisotopic (exact) mass is 438 g/mol. The lowest BCUT2D eigenvalue weighted by atomic mass is 10.2. The summed E-state index contributed by atoms with van der Waals surface area (Å²) in [6.45, 7) is 2.54. The minimum Gasteiger partial charge on any atom is -0.352 e. The molecule has 3 amide bonds. The van der Waals surface area contributed by atoms with Crippen LogP contribution in [0.2, 0.25) is 0 Å². The van der Waals surface area contributed by atoms with Crippen LogP contribution < -0.4 is 16.0 Å². The molecule has 2 aromatic carbocycles. The predicted octanol–water partition coefficient (Wildman–Crippen LogP) is 2.99. The fourth-order valence-electron chi connectivity index (χ4n) is 2.78. The van der Waals surface area contributed by atoms with Crippen molar-refractivity contribution in [3.8, 4) is 0 Å². The molecule has 8 nitrogen and oxygen atoms in total. The third kappa shape index (κ3) is 5.67. The third-order valence-electron chi connectivity index (χ3n) is 4.34. The minimum atomic E-state index is -3.82. The summed E-state index contributed by atoms with van der Waals surface area (Å²) in [5.74, 6) is -0.337. The van der Waals surface area contributed by atoms with Crippen LogP contribution in [-0.4, -0.2) is 31.9 Å². The number of hydrogen-bond acceptors (Lipinski definition) is 5. The van der Waals surface area contributed by atoms with Gasteiger partial charge < -0.3 is 16.0 Å². The number of anilines is 1. The Morgan fingerprint density at radius 2 is 1.71 bits per heavy atom. The molecule has 3 rings (SSSR count). The molecule has 31 heavy (non-hydrogen) atoms. The molecular weight excluding hydrogens is 416 g/mol. The highest BCUT2D eigenvalue weighted by Gasteiger charge is 2.19. The zero-order valence-electron chi connectivity index (χ0n) is 16.8. The number of pyridine rings is 1. The van der Waals surface area contributed by atoms with Crippen molar-refractivity contribution in [2.24, 2.45) is 0 Å². The van der Waals surface area contributed by atoms with Crippen molar-refractivity contribution in [3.05, 3.63) is 84.2 Å². The maximum Gasteiger partial charge on any atom is 0.319 e. The number of benzene rings is 2. The van der Waals surface area contributed by atoms with E-state index in [1.807, 2.05) is 6.07 Å². The molecule has 0 bridgehead atoms. The fraction of sp³-hybridized carbons (Fsp3) is 0.136. The standard InChI is InChI=1S/C22H22N4O4S/c1-2-24-21(27)17-6-3-7-20(13-17)31(29,30)19-10-8-18(9-11-19)26-22(28)25-15-16-5-4-12-23-14-16/h3-14H,2,15H2,1H3,(H,24,27)(H2,25,26,28). The lowest BCUT2D eigenvalue weighted by Gasteiger charge is -2.10. The summed E-state index contributed by atoms with van der Waals surface area (Å²) < 4.78 is 25.8. The molecule has 0 radical (unpaired) electrons. The highest BCUT2D eigenvalue weighted by atomic mass is 32.2. The highest BCUT2D eigenvalue weighted by molar-refractivity contribution is 7.91. The van der Waals surface area contributed by atoms with Crippen molar-refractivity contribution in [2.75, 3.05) is 11.9 Å². The zero-order valence-corrected chi connectivity index (χ0v) is 17.6. The Balaban J connectivity index is 1.68. The number of carbonyl (C=O) groups is 2. The van der Waals surface area contributed by atoms with Gasteiger partial charge in [0.2, 0.25) is 9.84 Å². The molecule has 0 unspecified atom stereocenters. The van der Waals surface area contributed by atoms with Crippen molar-refractivity contribution >= 4 is 27.5 Å². The van der Waals surface area contributed by atoms with Gasteiger partial charge >= 0.3 is 6.03 Å². The van der Waals surface area contributed by atoms with E-state index in [1.165, 1.54) is 42.5 Å². The molecular formula is C22H22N4O4S. The van der Waals surface area contributed by atoms with Crippen molar-refractivity contribution < 1.29 is 18.0 Å². The maximum absolute atomic E-state index is 12.9. The van der Waals surface area contributed by atoms with E-state index < -0.39 is 15.9 Å². The van der Waals surface area contributed by atoms with E-state index >= 15 is 0 Å². The first-order valence-corrected chi connectivity index (χ1v) is 11.1. The largest absolute Gasteiger partial charge is 0.352 e. The first-order valence-electron chi connectivity index (χ1n) is 9.57. The van der Waals surface area contributed by atoms with Crippen molar-refractivity contribution in [2.45, 2.75) is 23.3 Å². The van der Waals surface area contributed by atoms with Gasteiger partial charge in [0.05, 0.1) is 9.79 Å². The number of sulfone groups is 1. The third-order valence-corrected chi connectivity index (χ3v) is 6.11. The normalized spacial score (nSPS) is 10.9. The molecule has 0 saturated carbocycles. The van der Waals surface area contributed by atoms with Gasteiger partial charge in [-0.1, -0.05) is 12.1 Å². The number of aromatic nitrogens is 1. The van der Waals surface area contributed by atoms with Crippen LogP contribution in [-0.2, 0) is 16.4 Å². The Labute approximate surface area is 180 Å². The molecule has 9 heteroatoms. The van der Waals surface area contributed by atoms with E-state index in [2.05, 4.69) is 20.9 Å². The SMILES string of the molecule is CCNC(=O)c1cccc(S(=O)(=O)c2ccc(NC(=O)NCc3cccnc3)cc2)c1. The van der Waals surface area contributed by atoms with Gasteiger partial charge in [0, 0.05) is 36.7 Å². The van der Waals surface area contributed by atoms with Crippen LogP contribution in [0.15, 0.2) is 82.8 Å². The summed E-state index contributed by atoms with van der Waals surface area (Å²) in [6.07, 6.45) is 3.30. The highest BCUT2D eigenvalue weighted by Crippen LogP contribution is 2.23. The zero-order chi connectivity index (χ0) is 22.3. The van der Waals surface area contributed by atoms with E-state index in [4.69, 9.17) is 0 Å². The van der Waals surface area contributed by atoms with Gasteiger partial charge in [0.1, 0.15) is 0 Å². The lowest BCUT2D eigenvalue weighted by Crippen LogP contribution is -2.28. The fourth-order valence-corrected chi connectivity index (χ4v) is 4.09. The molecule has 0 aliphatic carbocycles. The van der Waals surface area contributed by atoms with Crippen LogP contribution in [0.25, 0.3) is 0 Å². The van der Waals surface area contributed by atoms with E-state index in [1.54, 1.807) is 31.5 Å². The number of hydrogen-bond donors (Lipinski definition) is 3. The molecule has 1 aromatic heterocycles. The second kappa shape index (κ2) is 9.86.